The third kappa shape index (κ3) is 7.38. The quantitative estimate of drug-likeness (QED) is 0.142. The molecule has 0 aliphatic carbocycles. The molecule has 0 spiro atoms. The van der Waals surface area contributed by atoms with Crippen molar-refractivity contribution in [3.8, 4) is 23.0 Å². The van der Waals surface area contributed by atoms with Crippen LogP contribution in [0.4, 0.5) is 14.4 Å². The van der Waals surface area contributed by atoms with Crippen LogP contribution in [0.5, 0.6) is 23.0 Å². The highest BCUT2D eigenvalue weighted by Gasteiger charge is 2.33. The Morgan fingerprint density at radius 2 is 0.733 bits per heavy atom. The number of piperazine rings is 1. The Hall–Kier alpha value is -7.15. The second-order valence-corrected chi connectivity index (χ2v) is 14.7. The first-order chi connectivity index (χ1) is 29.0. The number of rotatable bonds is 4. The molecule has 0 unspecified atom stereocenters. The van der Waals surface area contributed by atoms with E-state index in [1.165, 1.54) is 61.7 Å². The van der Waals surface area contributed by atoms with Gasteiger partial charge in [0.1, 0.15) is 0 Å². The highest BCUT2D eigenvalue weighted by molar-refractivity contribution is 5.87. The third-order valence-corrected chi connectivity index (χ3v) is 10.9. The van der Waals surface area contributed by atoms with Crippen LogP contribution < -0.4 is 37.9 Å². The lowest BCUT2D eigenvalue weighted by atomic mass is 10.2. The van der Waals surface area contributed by atoms with Gasteiger partial charge in [-0.1, -0.05) is 24.3 Å². The fourth-order valence-corrected chi connectivity index (χ4v) is 7.67. The zero-order valence-electron chi connectivity index (χ0n) is 33.0. The first-order valence-corrected chi connectivity index (χ1v) is 19.6. The standard InChI is InChI=1S/C22H22N4O6.C19H20N4O5/c27-21(23-11-1-2-12-23)31-17-9-5-7-15-19(17)25(29)16-8-6-10-18(20(16)26(15)30)32-22(28)24-13-3-4-14-24;1-20-9-11-21(12-10-20)19(24)28-16-8-4-6-14-18(16)23(26)13-5-3-7-15(27-2)17(13)22(14)25/h5-10H,1-4,11-14H2;3-8H,9-12H2,1-2H3. The molecule has 3 aliphatic heterocycles. The van der Waals surface area contributed by atoms with Gasteiger partial charge in [0.2, 0.25) is 17.2 Å². The number of methoxy groups -OCH3 is 1. The number of hydrogen-bond acceptors (Lipinski definition) is 12. The molecule has 312 valence electrons. The lowest BCUT2D eigenvalue weighted by Crippen LogP contribution is -2.48. The zero-order valence-corrected chi connectivity index (χ0v) is 33.0. The van der Waals surface area contributed by atoms with E-state index in [0.717, 1.165) is 38.8 Å². The van der Waals surface area contributed by atoms with Gasteiger partial charge < -0.3 is 59.4 Å². The number of carbonyl (C=O) groups is 3. The monoisotopic (exact) mass is 822 g/mol. The number of carbonyl (C=O) groups excluding carboxylic acids is 3. The van der Waals surface area contributed by atoms with Crippen LogP contribution in [-0.4, -0.2) is 104 Å². The maximum atomic E-state index is 13.3. The van der Waals surface area contributed by atoms with E-state index in [4.69, 9.17) is 18.9 Å². The topological polar surface area (TPSA) is 209 Å². The minimum Gasteiger partial charge on any atom is -0.617 e. The second-order valence-electron chi connectivity index (χ2n) is 14.7. The maximum absolute atomic E-state index is 13.3. The Labute approximate surface area is 342 Å². The van der Waals surface area contributed by atoms with Crippen molar-refractivity contribution in [1.29, 1.82) is 0 Å². The summed E-state index contributed by atoms with van der Waals surface area (Å²) in [5.41, 5.74) is 0.223. The minimum atomic E-state index is -0.555. The van der Waals surface area contributed by atoms with Crippen molar-refractivity contribution in [2.75, 3.05) is 66.5 Å². The van der Waals surface area contributed by atoms with E-state index < -0.39 is 18.3 Å². The smallest absolute Gasteiger partial charge is 0.415 e. The molecule has 2 aromatic heterocycles. The summed E-state index contributed by atoms with van der Waals surface area (Å²) >= 11 is 0. The van der Waals surface area contributed by atoms with Gasteiger partial charge in [-0.3, -0.25) is 0 Å². The number of benzene rings is 4. The molecule has 19 heteroatoms. The summed E-state index contributed by atoms with van der Waals surface area (Å²) in [7, 11) is 3.42. The van der Waals surface area contributed by atoms with Crippen molar-refractivity contribution in [1.82, 2.24) is 19.6 Å². The summed E-state index contributed by atoms with van der Waals surface area (Å²) < 4.78 is 24.0. The Balaban J connectivity index is 0.000000168. The molecule has 60 heavy (non-hydrogen) atoms. The van der Waals surface area contributed by atoms with E-state index in [-0.39, 0.29) is 61.4 Å². The number of likely N-dealkylation sites (tertiary alicyclic amines) is 2. The van der Waals surface area contributed by atoms with E-state index in [1.807, 2.05) is 7.05 Å². The lowest BCUT2D eigenvalue weighted by Gasteiger charge is -2.31. The number of para-hydroxylation sites is 4. The molecule has 0 saturated carbocycles. The van der Waals surface area contributed by atoms with Crippen LogP contribution >= 0.6 is 0 Å². The first kappa shape index (κ1) is 39.7. The number of aromatic nitrogens is 4. The van der Waals surface area contributed by atoms with Gasteiger partial charge in [0, 0.05) is 76.6 Å². The molecule has 4 aromatic carbocycles. The Morgan fingerprint density at radius 1 is 0.450 bits per heavy atom. The summed E-state index contributed by atoms with van der Waals surface area (Å²) in [6.45, 7) is 4.95. The van der Waals surface area contributed by atoms with Crippen molar-refractivity contribution >= 4 is 62.4 Å². The predicted molar refractivity (Wildman–Crippen MR) is 214 cm³/mol. The van der Waals surface area contributed by atoms with Crippen LogP contribution in [-0.2, 0) is 0 Å². The summed E-state index contributed by atoms with van der Waals surface area (Å²) in [6.07, 6.45) is 1.95. The number of fused-ring (bicyclic) bond motifs is 4. The van der Waals surface area contributed by atoms with E-state index in [9.17, 15) is 35.2 Å². The molecule has 3 amide bonds. The van der Waals surface area contributed by atoms with E-state index >= 15 is 0 Å². The molecule has 0 bridgehead atoms. The second kappa shape index (κ2) is 16.6. The summed E-state index contributed by atoms with van der Waals surface area (Å²) in [4.78, 5) is 44.3. The highest BCUT2D eigenvalue weighted by atomic mass is 16.6. The number of amides is 3. The fourth-order valence-electron chi connectivity index (χ4n) is 7.67. The lowest BCUT2D eigenvalue weighted by molar-refractivity contribution is -0.591. The average Bonchev–Trinajstić information content (AvgIpc) is 4.01. The van der Waals surface area contributed by atoms with Crippen LogP contribution in [0.15, 0.2) is 72.8 Å². The minimum absolute atomic E-state index is 0.000338. The summed E-state index contributed by atoms with van der Waals surface area (Å²) in [5, 5.41) is 52.5. The van der Waals surface area contributed by atoms with E-state index in [0.29, 0.717) is 63.9 Å². The average molecular weight is 823 g/mol. The van der Waals surface area contributed by atoms with Gasteiger partial charge in [0.25, 0.3) is 22.1 Å². The Morgan fingerprint density at radius 3 is 1.05 bits per heavy atom. The van der Waals surface area contributed by atoms with Crippen molar-refractivity contribution in [3.05, 3.63) is 93.6 Å². The van der Waals surface area contributed by atoms with Gasteiger partial charge in [-0.2, -0.15) is 18.9 Å². The molecule has 5 heterocycles. The van der Waals surface area contributed by atoms with Gasteiger partial charge in [0.15, 0.2) is 5.75 Å². The predicted octanol–water partition coefficient (Wildman–Crippen LogP) is 3.46. The van der Waals surface area contributed by atoms with Gasteiger partial charge >= 0.3 is 40.3 Å². The maximum Gasteiger partial charge on any atom is 0.415 e. The summed E-state index contributed by atoms with van der Waals surface area (Å²) in [6, 6.07) is 18.3. The molecule has 3 saturated heterocycles. The van der Waals surface area contributed by atoms with Gasteiger partial charge in [0.05, 0.1) is 7.11 Å². The Bertz CT molecular complexity index is 2550. The Kier molecular flexibility index (Phi) is 11.0. The number of nitrogens with zero attached hydrogens (tertiary/aromatic N) is 8. The normalized spacial score (nSPS) is 15.7. The van der Waals surface area contributed by atoms with Crippen molar-refractivity contribution in [2.45, 2.75) is 25.7 Å². The number of likely N-dealkylation sites (N-methyl/N-ethyl adjacent to an activating group) is 1. The van der Waals surface area contributed by atoms with Crippen LogP contribution in [0.25, 0.3) is 44.1 Å². The van der Waals surface area contributed by atoms with Crippen LogP contribution in [0.3, 0.4) is 0 Å². The molecular formula is C41H42N8O11. The molecule has 3 aliphatic rings. The van der Waals surface area contributed by atoms with Gasteiger partial charge in [-0.15, -0.1) is 0 Å². The van der Waals surface area contributed by atoms with Crippen LogP contribution in [0.2, 0.25) is 0 Å². The summed E-state index contributed by atoms with van der Waals surface area (Å²) in [5.74, 6) is 0.338. The SMILES string of the molecule is COc1cccc2c1[n+]([O-])c1cccc(OC(=O)N3CCN(C)CC3)c1[n+]2[O-].O=C(Oc1cccc2c1[n+]([O-])c1cccc(OC(=O)N3CCCC3)c1[n+]2[O-])N1CCCC1. The first-order valence-electron chi connectivity index (χ1n) is 19.6. The zero-order chi connectivity index (χ0) is 42.1. The number of hydrogen-bond donors (Lipinski definition) is 0. The van der Waals surface area contributed by atoms with Gasteiger partial charge in [-0.25, -0.2) is 14.4 Å². The van der Waals surface area contributed by atoms with Crippen LogP contribution in [0, 0.1) is 20.8 Å². The van der Waals surface area contributed by atoms with Crippen molar-refractivity contribution in [2.24, 2.45) is 0 Å². The number of ether oxygens (including phenoxy) is 4. The van der Waals surface area contributed by atoms with Crippen LogP contribution in [0.1, 0.15) is 25.7 Å². The molecule has 0 N–H and O–H groups in total. The van der Waals surface area contributed by atoms with E-state index in [1.54, 1.807) is 32.9 Å². The fraction of sp³-hybridized carbons (Fsp3) is 0.341. The molecule has 3 fully saturated rings. The largest absolute Gasteiger partial charge is 0.617 e. The molecule has 0 radical (unpaired) electrons. The van der Waals surface area contributed by atoms with E-state index in [2.05, 4.69) is 4.90 Å². The molecule has 9 rings (SSSR count). The van der Waals surface area contributed by atoms with Crippen molar-refractivity contribution in [3.63, 3.8) is 0 Å². The molecular weight excluding hydrogens is 780 g/mol. The molecule has 19 nitrogen and oxygen atoms in total. The highest BCUT2D eigenvalue weighted by Crippen LogP contribution is 2.29. The van der Waals surface area contributed by atoms with Crippen molar-refractivity contribution < 1.29 is 52.3 Å². The molecule has 6 aromatic rings. The van der Waals surface area contributed by atoms with Gasteiger partial charge in [-0.05, 0) is 57.0 Å². The third-order valence-electron chi connectivity index (χ3n) is 10.9. The molecule has 0 atom stereocenters.